The van der Waals surface area contributed by atoms with Crippen molar-refractivity contribution in [3.05, 3.63) is 33.9 Å². The van der Waals surface area contributed by atoms with E-state index in [2.05, 4.69) is 9.78 Å². The van der Waals surface area contributed by atoms with Crippen molar-refractivity contribution in [1.82, 2.24) is 24.5 Å². The smallest absolute Gasteiger partial charge is 0.258 e. The summed E-state index contributed by atoms with van der Waals surface area (Å²) in [6.45, 7) is 6.06. The fourth-order valence-corrected chi connectivity index (χ4v) is 3.76. The standard InChI is InChI=1S/C16H21N5O/c1-10-15(11(2)19(3)17-10)16(22)20-7-8-21-14(9-20)12-5-4-6-13(12)18-21/h4-9H2,1-3H3. The molecule has 0 unspecified atom stereocenters. The topological polar surface area (TPSA) is 56.0 Å². The summed E-state index contributed by atoms with van der Waals surface area (Å²) in [6, 6.07) is 0. The van der Waals surface area contributed by atoms with E-state index in [4.69, 9.17) is 5.10 Å². The number of nitrogens with zero attached hydrogens (tertiary/aromatic N) is 5. The molecule has 0 spiro atoms. The van der Waals surface area contributed by atoms with Crippen LogP contribution in [0.3, 0.4) is 0 Å². The number of amides is 1. The number of aryl methyl sites for hydroxylation is 3. The zero-order valence-corrected chi connectivity index (χ0v) is 13.4. The molecular weight excluding hydrogens is 278 g/mol. The van der Waals surface area contributed by atoms with Gasteiger partial charge in [-0.15, -0.1) is 0 Å². The molecular formula is C16H21N5O. The zero-order chi connectivity index (χ0) is 15.4. The predicted molar refractivity (Wildman–Crippen MR) is 81.7 cm³/mol. The molecule has 0 saturated heterocycles. The molecule has 2 aromatic rings. The van der Waals surface area contributed by atoms with Crippen LogP contribution in [0.1, 0.15) is 45.1 Å². The summed E-state index contributed by atoms with van der Waals surface area (Å²) in [6.07, 6.45) is 3.39. The first-order chi connectivity index (χ1) is 10.6. The Morgan fingerprint density at radius 1 is 1.14 bits per heavy atom. The van der Waals surface area contributed by atoms with E-state index in [0.717, 1.165) is 42.9 Å². The van der Waals surface area contributed by atoms with Crippen molar-refractivity contribution in [3.63, 3.8) is 0 Å². The average Bonchev–Trinajstić information content (AvgIpc) is 3.12. The number of hydrogen-bond acceptors (Lipinski definition) is 3. The molecule has 6 heteroatoms. The molecule has 116 valence electrons. The van der Waals surface area contributed by atoms with Crippen LogP contribution in [0.25, 0.3) is 0 Å². The van der Waals surface area contributed by atoms with Gasteiger partial charge >= 0.3 is 0 Å². The van der Waals surface area contributed by atoms with E-state index < -0.39 is 0 Å². The number of carbonyl (C=O) groups excluding carboxylic acids is 1. The van der Waals surface area contributed by atoms with Gasteiger partial charge in [0.15, 0.2) is 0 Å². The minimum atomic E-state index is 0.0993. The summed E-state index contributed by atoms with van der Waals surface area (Å²) in [5.74, 6) is 0.0993. The quantitative estimate of drug-likeness (QED) is 0.799. The summed E-state index contributed by atoms with van der Waals surface area (Å²) >= 11 is 0. The second kappa shape index (κ2) is 4.69. The maximum absolute atomic E-state index is 12.9. The van der Waals surface area contributed by atoms with E-state index in [0.29, 0.717) is 6.54 Å². The Morgan fingerprint density at radius 3 is 2.68 bits per heavy atom. The predicted octanol–water partition coefficient (Wildman–Crippen LogP) is 1.38. The highest BCUT2D eigenvalue weighted by molar-refractivity contribution is 5.96. The van der Waals surface area contributed by atoms with Gasteiger partial charge in [0.25, 0.3) is 5.91 Å². The monoisotopic (exact) mass is 299 g/mol. The van der Waals surface area contributed by atoms with Gasteiger partial charge in [-0.25, -0.2) is 0 Å². The van der Waals surface area contributed by atoms with Crippen molar-refractivity contribution >= 4 is 5.91 Å². The van der Waals surface area contributed by atoms with Gasteiger partial charge in [-0.3, -0.25) is 14.2 Å². The number of carbonyl (C=O) groups is 1. The van der Waals surface area contributed by atoms with Gasteiger partial charge in [-0.2, -0.15) is 10.2 Å². The van der Waals surface area contributed by atoms with Gasteiger partial charge in [0.1, 0.15) is 0 Å². The Labute approximate surface area is 129 Å². The van der Waals surface area contributed by atoms with Gasteiger partial charge in [0, 0.05) is 19.3 Å². The maximum atomic E-state index is 12.9. The first-order valence-corrected chi connectivity index (χ1v) is 7.93. The van der Waals surface area contributed by atoms with E-state index in [1.54, 1.807) is 4.68 Å². The number of rotatable bonds is 1. The molecule has 1 aliphatic heterocycles. The Morgan fingerprint density at radius 2 is 1.95 bits per heavy atom. The van der Waals surface area contributed by atoms with Crippen molar-refractivity contribution in [2.45, 2.75) is 46.2 Å². The molecule has 0 fully saturated rings. The van der Waals surface area contributed by atoms with Gasteiger partial charge in [-0.1, -0.05) is 0 Å². The lowest BCUT2D eigenvalue weighted by Crippen LogP contribution is -2.39. The van der Waals surface area contributed by atoms with Crippen molar-refractivity contribution in [3.8, 4) is 0 Å². The number of fused-ring (bicyclic) bond motifs is 3. The average molecular weight is 299 g/mol. The molecule has 1 aliphatic carbocycles. The normalized spacial score (nSPS) is 16.8. The fourth-order valence-electron chi connectivity index (χ4n) is 3.76. The Hall–Kier alpha value is -2.11. The second-order valence-corrected chi connectivity index (χ2v) is 6.34. The molecule has 3 heterocycles. The molecule has 4 rings (SSSR count). The van der Waals surface area contributed by atoms with Crippen LogP contribution in [0.5, 0.6) is 0 Å². The molecule has 0 aromatic carbocycles. The lowest BCUT2D eigenvalue weighted by Gasteiger charge is -2.28. The first kappa shape index (κ1) is 13.5. The van der Waals surface area contributed by atoms with E-state index in [1.165, 1.54) is 23.4 Å². The Balaban J connectivity index is 1.66. The van der Waals surface area contributed by atoms with Crippen LogP contribution in [-0.2, 0) is 33.0 Å². The summed E-state index contributed by atoms with van der Waals surface area (Å²) in [5.41, 5.74) is 6.38. The molecule has 0 bridgehead atoms. The molecule has 2 aliphatic rings. The van der Waals surface area contributed by atoms with E-state index in [9.17, 15) is 4.79 Å². The fraction of sp³-hybridized carbons (Fsp3) is 0.562. The maximum Gasteiger partial charge on any atom is 0.258 e. The van der Waals surface area contributed by atoms with Gasteiger partial charge in [0.05, 0.1) is 35.7 Å². The van der Waals surface area contributed by atoms with Crippen LogP contribution < -0.4 is 0 Å². The molecule has 0 radical (unpaired) electrons. The van der Waals surface area contributed by atoms with Crippen molar-refractivity contribution in [1.29, 1.82) is 0 Å². The molecule has 6 nitrogen and oxygen atoms in total. The molecule has 0 N–H and O–H groups in total. The minimum absolute atomic E-state index is 0.0993. The Bertz CT molecular complexity index is 770. The first-order valence-electron chi connectivity index (χ1n) is 7.93. The molecule has 2 aromatic heterocycles. The minimum Gasteiger partial charge on any atom is -0.331 e. The van der Waals surface area contributed by atoms with E-state index in [1.807, 2.05) is 25.8 Å². The third-order valence-corrected chi connectivity index (χ3v) is 5.02. The zero-order valence-electron chi connectivity index (χ0n) is 13.4. The van der Waals surface area contributed by atoms with Crippen LogP contribution in [0.2, 0.25) is 0 Å². The summed E-state index contributed by atoms with van der Waals surface area (Å²) in [7, 11) is 1.89. The molecule has 0 atom stereocenters. The van der Waals surface area contributed by atoms with Crippen LogP contribution in [-0.4, -0.2) is 36.9 Å². The summed E-state index contributed by atoms with van der Waals surface area (Å²) in [4.78, 5) is 14.9. The summed E-state index contributed by atoms with van der Waals surface area (Å²) in [5, 5.41) is 9.07. The lowest BCUT2D eigenvalue weighted by atomic mass is 10.1. The third-order valence-electron chi connectivity index (χ3n) is 5.02. The van der Waals surface area contributed by atoms with Crippen molar-refractivity contribution in [2.75, 3.05) is 6.54 Å². The van der Waals surface area contributed by atoms with Gasteiger partial charge < -0.3 is 4.90 Å². The van der Waals surface area contributed by atoms with E-state index >= 15 is 0 Å². The summed E-state index contributed by atoms with van der Waals surface area (Å²) < 4.78 is 3.89. The Kier molecular flexibility index (Phi) is 2.89. The number of hydrogen-bond donors (Lipinski definition) is 0. The molecule has 0 saturated carbocycles. The van der Waals surface area contributed by atoms with Crippen LogP contribution in [0, 0.1) is 13.8 Å². The van der Waals surface area contributed by atoms with Gasteiger partial charge in [-0.05, 0) is 38.7 Å². The third kappa shape index (κ3) is 1.82. The largest absolute Gasteiger partial charge is 0.331 e. The highest BCUT2D eigenvalue weighted by Gasteiger charge is 2.30. The van der Waals surface area contributed by atoms with Crippen molar-refractivity contribution < 1.29 is 4.79 Å². The highest BCUT2D eigenvalue weighted by atomic mass is 16.2. The van der Waals surface area contributed by atoms with Crippen molar-refractivity contribution in [2.24, 2.45) is 7.05 Å². The SMILES string of the molecule is Cc1nn(C)c(C)c1C(=O)N1CCn2nc3c(c2C1)CCC3. The number of aromatic nitrogens is 4. The van der Waals surface area contributed by atoms with Crippen LogP contribution >= 0.6 is 0 Å². The van der Waals surface area contributed by atoms with Crippen LogP contribution in [0.15, 0.2) is 0 Å². The second-order valence-electron chi connectivity index (χ2n) is 6.34. The highest BCUT2D eigenvalue weighted by Crippen LogP contribution is 2.28. The molecule has 22 heavy (non-hydrogen) atoms. The van der Waals surface area contributed by atoms with Crippen LogP contribution in [0.4, 0.5) is 0 Å². The van der Waals surface area contributed by atoms with E-state index in [-0.39, 0.29) is 5.91 Å². The van der Waals surface area contributed by atoms with Gasteiger partial charge in [0.2, 0.25) is 0 Å². The molecule has 1 amide bonds. The lowest BCUT2D eigenvalue weighted by molar-refractivity contribution is 0.0703.